The normalized spacial score (nSPS) is 13.8. The van der Waals surface area contributed by atoms with Crippen molar-refractivity contribution in [3.8, 4) is 5.69 Å². The van der Waals surface area contributed by atoms with E-state index in [1.54, 1.807) is 6.92 Å². The van der Waals surface area contributed by atoms with Gasteiger partial charge in [-0.3, -0.25) is 4.57 Å². The first kappa shape index (κ1) is 17.4. The highest BCUT2D eigenvalue weighted by atomic mass is 16.3. The molecule has 0 fully saturated rings. The maximum absolute atomic E-state index is 11.1. The van der Waals surface area contributed by atoms with Crippen molar-refractivity contribution in [2.75, 3.05) is 0 Å². The summed E-state index contributed by atoms with van der Waals surface area (Å²) in [6.07, 6.45) is 2.09. The van der Waals surface area contributed by atoms with Gasteiger partial charge in [0.2, 0.25) is 0 Å². The molecule has 0 bridgehead atoms. The number of imidazole rings is 1. The summed E-state index contributed by atoms with van der Waals surface area (Å²) in [5.74, 6) is 0.869. The SMILES string of the molecule is CCc1nc2cc(C(C)C=O)ccc2n1-c1ccc(CC(C)O)cc1. The second kappa shape index (κ2) is 7.19. The van der Waals surface area contributed by atoms with Crippen LogP contribution in [0.1, 0.15) is 43.6 Å². The quantitative estimate of drug-likeness (QED) is 0.696. The van der Waals surface area contributed by atoms with E-state index in [0.29, 0.717) is 6.42 Å². The van der Waals surface area contributed by atoms with Gasteiger partial charge in [-0.1, -0.05) is 32.0 Å². The topological polar surface area (TPSA) is 55.1 Å². The van der Waals surface area contributed by atoms with Crippen molar-refractivity contribution in [1.29, 1.82) is 0 Å². The fourth-order valence-corrected chi connectivity index (χ4v) is 3.16. The maximum Gasteiger partial charge on any atom is 0.127 e. The summed E-state index contributed by atoms with van der Waals surface area (Å²) in [5.41, 5.74) is 5.12. The number of aliphatic hydroxyl groups is 1. The molecular weight excluding hydrogens is 312 g/mol. The number of hydrogen-bond acceptors (Lipinski definition) is 3. The average molecular weight is 336 g/mol. The minimum Gasteiger partial charge on any atom is -0.393 e. The lowest BCUT2D eigenvalue weighted by atomic mass is 10.0. The van der Waals surface area contributed by atoms with Gasteiger partial charge in [0.05, 0.1) is 17.1 Å². The van der Waals surface area contributed by atoms with Gasteiger partial charge in [0.15, 0.2) is 0 Å². The highest BCUT2D eigenvalue weighted by Gasteiger charge is 2.13. The number of aldehydes is 1. The van der Waals surface area contributed by atoms with Crippen LogP contribution in [-0.4, -0.2) is 27.0 Å². The fraction of sp³-hybridized carbons (Fsp3) is 0.333. The van der Waals surface area contributed by atoms with E-state index in [0.717, 1.165) is 46.4 Å². The van der Waals surface area contributed by atoms with Crippen LogP contribution in [0.4, 0.5) is 0 Å². The summed E-state index contributed by atoms with van der Waals surface area (Å²) in [6.45, 7) is 5.78. The van der Waals surface area contributed by atoms with Gasteiger partial charge >= 0.3 is 0 Å². The first-order valence-electron chi connectivity index (χ1n) is 8.77. The minimum atomic E-state index is -0.343. The summed E-state index contributed by atoms with van der Waals surface area (Å²) < 4.78 is 2.16. The lowest BCUT2D eigenvalue weighted by Crippen LogP contribution is -2.05. The lowest BCUT2D eigenvalue weighted by Gasteiger charge is -2.11. The molecule has 1 heterocycles. The second-order valence-corrected chi connectivity index (χ2v) is 6.61. The van der Waals surface area contributed by atoms with Crippen molar-refractivity contribution in [2.45, 2.75) is 45.6 Å². The molecule has 0 spiro atoms. The van der Waals surface area contributed by atoms with Gasteiger partial charge < -0.3 is 9.90 Å². The number of benzene rings is 2. The van der Waals surface area contributed by atoms with Crippen molar-refractivity contribution in [1.82, 2.24) is 9.55 Å². The first-order valence-corrected chi connectivity index (χ1v) is 8.77. The number of hydrogen-bond donors (Lipinski definition) is 1. The molecule has 3 aromatic rings. The number of rotatable bonds is 6. The Hall–Kier alpha value is -2.46. The molecule has 0 aliphatic heterocycles. The Bertz CT molecular complexity index is 879. The maximum atomic E-state index is 11.1. The van der Waals surface area contributed by atoms with Gasteiger partial charge in [0.1, 0.15) is 12.1 Å². The third-order valence-electron chi connectivity index (χ3n) is 4.52. The first-order chi connectivity index (χ1) is 12.0. The van der Waals surface area contributed by atoms with Crippen LogP contribution in [0.15, 0.2) is 42.5 Å². The molecule has 0 aliphatic carbocycles. The summed E-state index contributed by atoms with van der Waals surface area (Å²) in [4.78, 5) is 15.8. The highest BCUT2D eigenvalue weighted by molar-refractivity contribution is 5.80. The van der Waals surface area contributed by atoms with E-state index in [9.17, 15) is 9.90 Å². The van der Waals surface area contributed by atoms with Crippen LogP contribution < -0.4 is 0 Å². The van der Waals surface area contributed by atoms with Crippen molar-refractivity contribution in [2.24, 2.45) is 0 Å². The number of carbonyl (C=O) groups excluding carboxylic acids is 1. The van der Waals surface area contributed by atoms with E-state index in [1.165, 1.54) is 0 Å². The van der Waals surface area contributed by atoms with E-state index in [4.69, 9.17) is 4.98 Å². The number of carbonyl (C=O) groups is 1. The molecule has 3 rings (SSSR count). The molecule has 0 amide bonds. The smallest absolute Gasteiger partial charge is 0.127 e. The zero-order valence-electron chi connectivity index (χ0n) is 14.9. The van der Waals surface area contributed by atoms with Crippen molar-refractivity contribution >= 4 is 17.3 Å². The molecule has 2 atom stereocenters. The molecule has 2 unspecified atom stereocenters. The van der Waals surface area contributed by atoms with E-state index >= 15 is 0 Å². The predicted octanol–water partition coefficient (Wildman–Crippen LogP) is 3.81. The molecule has 1 N–H and O–H groups in total. The molecule has 2 aromatic carbocycles. The average Bonchev–Trinajstić information content (AvgIpc) is 2.99. The molecule has 25 heavy (non-hydrogen) atoms. The van der Waals surface area contributed by atoms with Crippen LogP contribution in [0.25, 0.3) is 16.7 Å². The van der Waals surface area contributed by atoms with Gasteiger partial charge in [0, 0.05) is 18.0 Å². The number of aryl methyl sites for hydroxylation is 1. The van der Waals surface area contributed by atoms with Gasteiger partial charge in [-0.25, -0.2) is 4.98 Å². The Morgan fingerprint density at radius 1 is 1.16 bits per heavy atom. The van der Waals surface area contributed by atoms with Crippen LogP contribution in [0.2, 0.25) is 0 Å². The summed E-state index contributed by atoms with van der Waals surface area (Å²) in [6, 6.07) is 14.3. The zero-order chi connectivity index (χ0) is 18.0. The fourth-order valence-electron chi connectivity index (χ4n) is 3.16. The van der Waals surface area contributed by atoms with E-state index in [-0.39, 0.29) is 12.0 Å². The third kappa shape index (κ3) is 3.49. The Morgan fingerprint density at radius 3 is 2.48 bits per heavy atom. The molecule has 4 heteroatoms. The Labute approximate surface area is 148 Å². The highest BCUT2D eigenvalue weighted by Crippen LogP contribution is 2.25. The molecule has 1 aromatic heterocycles. The third-order valence-corrected chi connectivity index (χ3v) is 4.52. The van der Waals surface area contributed by atoms with Crippen LogP contribution >= 0.6 is 0 Å². The summed E-state index contributed by atoms with van der Waals surface area (Å²) in [5, 5.41) is 9.53. The number of fused-ring (bicyclic) bond motifs is 1. The molecule has 0 aliphatic rings. The number of aliphatic hydroxyl groups excluding tert-OH is 1. The second-order valence-electron chi connectivity index (χ2n) is 6.61. The van der Waals surface area contributed by atoms with Gasteiger partial charge in [-0.15, -0.1) is 0 Å². The number of nitrogens with zero attached hydrogens (tertiary/aromatic N) is 2. The minimum absolute atomic E-state index is 0.126. The lowest BCUT2D eigenvalue weighted by molar-refractivity contribution is -0.108. The molecule has 0 saturated heterocycles. The van der Waals surface area contributed by atoms with Crippen molar-refractivity contribution < 1.29 is 9.90 Å². The van der Waals surface area contributed by atoms with Gasteiger partial charge in [0.25, 0.3) is 0 Å². The van der Waals surface area contributed by atoms with Gasteiger partial charge in [-0.05, 0) is 48.7 Å². The van der Waals surface area contributed by atoms with E-state index < -0.39 is 0 Å². The Morgan fingerprint density at radius 2 is 1.88 bits per heavy atom. The van der Waals surface area contributed by atoms with Crippen LogP contribution in [0.3, 0.4) is 0 Å². The monoisotopic (exact) mass is 336 g/mol. The molecule has 4 nitrogen and oxygen atoms in total. The van der Waals surface area contributed by atoms with E-state index in [1.807, 2.05) is 25.1 Å². The molecule has 0 radical (unpaired) electrons. The van der Waals surface area contributed by atoms with Gasteiger partial charge in [-0.2, -0.15) is 0 Å². The standard InChI is InChI=1S/C21H24N2O2/c1-4-21-22-19-12-17(14(2)13-24)7-10-20(19)23(21)18-8-5-16(6-9-18)11-15(3)25/h5-10,12-15,25H,4,11H2,1-3H3. The van der Waals surface area contributed by atoms with Crippen LogP contribution in [-0.2, 0) is 17.6 Å². The zero-order valence-corrected chi connectivity index (χ0v) is 14.9. The molecule has 130 valence electrons. The molecule has 0 saturated carbocycles. The van der Waals surface area contributed by atoms with Crippen LogP contribution in [0.5, 0.6) is 0 Å². The molecular formula is C21H24N2O2. The van der Waals surface area contributed by atoms with Crippen molar-refractivity contribution in [3.05, 3.63) is 59.4 Å². The van der Waals surface area contributed by atoms with Crippen molar-refractivity contribution in [3.63, 3.8) is 0 Å². The van der Waals surface area contributed by atoms with Crippen LogP contribution in [0, 0.1) is 0 Å². The Kier molecular flexibility index (Phi) is 5.00. The van der Waals surface area contributed by atoms with E-state index in [2.05, 4.69) is 35.8 Å². The number of aromatic nitrogens is 2. The largest absolute Gasteiger partial charge is 0.393 e. The summed E-state index contributed by atoms with van der Waals surface area (Å²) in [7, 11) is 0. The predicted molar refractivity (Wildman–Crippen MR) is 100 cm³/mol. The summed E-state index contributed by atoms with van der Waals surface area (Å²) >= 11 is 0. The Balaban J connectivity index is 2.07.